The van der Waals surface area contributed by atoms with Gasteiger partial charge in [0, 0.05) is 16.8 Å². The van der Waals surface area contributed by atoms with Gasteiger partial charge in [0.1, 0.15) is 12.4 Å². The van der Waals surface area contributed by atoms with E-state index in [-0.39, 0.29) is 17.2 Å². The topological polar surface area (TPSA) is 72.5 Å². The fourth-order valence-corrected chi connectivity index (χ4v) is 3.40. The van der Waals surface area contributed by atoms with Crippen LogP contribution in [-0.2, 0) is 14.6 Å². The molecule has 0 saturated heterocycles. The van der Waals surface area contributed by atoms with E-state index in [0.29, 0.717) is 21.9 Å². The molecule has 3 rings (SSSR count). The second kappa shape index (κ2) is 6.30. The highest BCUT2D eigenvalue weighted by molar-refractivity contribution is 7.90. The van der Waals surface area contributed by atoms with Crippen LogP contribution in [-0.4, -0.2) is 27.2 Å². The van der Waals surface area contributed by atoms with Crippen molar-refractivity contribution in [1.82, 2.24) is 0 Å². The molecular weight excluding hydrogens is 350 g/mol. The van der Waals surface area contributed by atoms with E-state index in [1.807, 2.05) is 0 Å². The van der Waals surface area contributed by atoms with Crippen molar-refractivity contribution < 1.29 is 17.9 Å². The van der Waals surface area contributed by atoms with E-state index in [0.717, 1.165) is 6.26 Å². The van der Waals surface area contributed by atoms with Gasteiger partial charge in [0.05, 0.1) is 16.2 Å². The minimum Gasteiger partial charge on any atom is -0.488 e. The van der Waals surface area contributed by atoms with E-state index in [1.54, 1.807) is 42.5 Å². The summed E-state index contributed by atoms with van der Waals surface area (Å²) in [5, 5.41) is 3.17. The number of fused-ring (bicyclic) bond motifs is 1. The van der Waals surface area contributed by atoms with E-state index < -0.39 is 15.7 Å². The van der Waals surface area contributed by atoms with E-state index >= 15 is 0 Å². The lowest BCUT2D eigenvalue weighted by atomic mass is 10.1. The molecule has 1 aliphatic rings. The van der Waals surface area contributed by atoms with Crippen LogP contribution in [0.15, 0.2) is 52.9 Å². The molecule has 1 amide bonds. The lowest BCUT2D eigenvalue weighted by Gasteiger charge is -2.18. The number of para-hydroxylation sites is 1. The van der Waals surface area contributed by atoms with Gasteiger partial charge in [0.25, 0.3) is 5.91 Å². The molecule has 24 heavy (non-hydrogen) atoms. The third-order valence-electron chi connectivity index (χ3n) is 3.51. The highest BCUT2D eigenvalue weighted by atomic mass is 35.5. The maximum Gasteiger partial charge on any atom is 0.255 e. The molecular formula is C17H14ClNO4S. The zero-order valence-electron chi connectivity index (χ0n) is 12.7. The van der Waals surface area contributed by atoms with Crippen molar-refractivity contribution in [2.45, 2.75) is 4.90 Å². The quantitative estimate of drug-likeness (QED) is 0.909. The number of nitrogens with one attached hydrogen (secondary N) is 1. The predicted octanol–water partition coefficient (Wildman–Crippen LogP) is 3.16. The lowest BCUT2D eigenvalue weighted by Crippen LogP contribution is -2.22. The number of benzene rings is 2. The molecule has 0 atom stereocenters. The summed E-state index contributed by atoms with van der Waals surface area (Å²) in [6.07, 6.45) is 2.78. The standard InChI is InChI=1S/C17H14ClNO4S/c1-24(21,22)16-5-3-2-4-14(16)19-17(20)12-8-11-9-13(18)6-7-15(11)23-10-12/h2-9H,10H2,1H3,(H,19,20). The van der Waals surface area contributed by atoms with Crippen molar-refractivity contribution in [3.63, 3.8) is 0 Å². The van der Waals surface area contributed by atoms with Crippen LogP contribution in [0.1, 0.15) is 5.56 Å². The smallest absolute Gasteiger partial charge is 0.255 e. The Kier molecular flexibility index (Phi) is 4.34. The summed E-state index contributed by atoms with van der Waals surface area (Å²) in [6.45, 7) is 0.0987. The van der Waals surface area contributed by atoms with E-state index in [2.05, 4.69) is 5.32 Å². The van der Waals surface area contributed by atoms with Crippen LogP contribution in [0.5, 0.6) is 5.75 Å². The monoisotopic (exact) mass is 363 g/mol. The molecule has 0 aliphatic carbocycles. The number of hydrogen-bond donors (Lipinski definition) is 1. The zero-order valence-corrected chi connectivity index (χ0v) is 14.3. The molecule has 0 radical (unpaired) electrons. The minimum atomic E-state index is -3.45. The average molecular weight is 364 g/mol. The summed E-state index contributed by atoms with van der Waals surface area (Å²) < 4.78 is 29.2. The molecule has 1 aliphatic heterocycles. The van der Waals surface area contributed by atoms with Gasteiger partial charge in [0.15, 0.2) is 9.84 Å². The molecule has 5 nitrogen and oxygen atoms in total. The first-order chi connectivity index (χ1) is 11.3. The Balaban J connectivity index is 1.90. The number of halogens is 1. The zero-order chi connectivity index (χ0) is 17.3. The normalized spacial score (nSPS) is 13.5. The van der Waals surface area contributed by atoms with Crippen LogP contribution in [0.2, 0.25) is 5.02 Å². The van der Waals surface area contributed by atoms with Crippen molar-refractivity contribution in [1.29, 1.82) is 0 Å². The van der Waals surface area contributed by atoms with Crippen molar-refractivity contribution in [3.05, 3.63) is 58.6 Å². The Morgan fingerprint density at radius 3 is 2.71 bits per heavy atom. The van der Waals surface area contributed by atoms with E-state index in [9.17, 15) is 13.2 Å². The molecule has 2 aromatic rings. The number of hydrogen-bond acceptors (Lipinski definition) is 4. The number of sulfone groups is 1. The second-order valence-electron chi connectivity index (χ2n) is 5.36. The van der Waals surface area contributed by atoms with Crippen molar-refractivity contribution in [2.75, 3.05) is 18.2 Å². The van der Waals surface area contributed by atoms with Gasteiger partial charge in [-0.3, -0.25) is 4.79 Å². The lowest BCUT2D eigenvalue weighted by molar-refractivity contribution is -0.113. The number of carbonyl (C=O) groups excluding carboxylic acids is 1. The molecule has 2 aromatic carbocycles. The van der Waals surface area contributed by atoms with Crippen LogP contribution in [0.25, 0.3) is 6.08 Å². The van der Waals surface area contributed by atoms with Crippen LogP contribution in [0, 0.1) is 0 Å². The third kappa shape index (κ3) is 3.44. The number of ether oxygens (including phenoxy) is 1. The van der Waals surface area contributed by atoms with Gasteiger partial charge in [-0.1, -0.05) is 23.7 Å². The fourth-order valence-electron chi connectivity index (χ4n) is 2.38. The van der Waals surface area contributed by atoms with Gasteiger partial charge in [-0.2, -0.15) is 0 Å². The Morgan fingerprint density at radius 1 is 1.21 bits per heavy atom. The van der Waals surface area contributed by atoms with Gasteiger partial charge in [0.2, 0.25) is 0 Å². The Morgan fingerprint density at radius 2 is 1.96 bits per heavy atom. The molecule has 1 N–H and O–H groups in total. The number of anilines is 1. The first kappa shape index (κ1) is 16.5. The van der Waals surface area contributed by atoms with Crippen molar-refractivity contribution in [3.8, 4) is 5.75 Å². The Hall–Kier alpha value is -2.31. The van der Waals surface area contributed by atoms with Crippen LogP contribution in [0.4, 0.5) is 5.69 Å². The van der Waals surface area contributed by atoms with Gasteiger partial charge in [-0.15, -0.1) is 0 Å². The summed E-state index contributed by atoms with van der Waals surface area (Å²) in [6, 6.07) is 11.4. The molecule has 0 spiro atoms. The molecule has 0 bridgehead atoms. The number of amides is 1. The summed E-state index contributed by atoms with van der Waals surface area (Å²) >= 11 is 5.95. The fraction of sp³-hybridized carbons (Fsp3) is 0.118. The molecule has 7 heteroatoms. The maximum absolute atomic E-state index is 12.5. The molecule has 1 heterocycles. The highest BCUT2D eigenvalue weighted by Gasteiger charge is 2.20. The number of rotatable bonds is 3. The third-order valence-corrected chi connectivity index (χ3v) is 4.90. The minimum absolute atomic E-state index is 0.0686. The predicted molar refractivity (Wildman–Crippen MR) is 93.1 cm³/mol. The van der Waals surface area contributed by atoms with Gasteiger partial charge in [-0.05, 0) is 36.4 Å². The molecule has 0 fully saturated rings. The average Bonchev–Trinajstić information content (AvgIpc) is 2.53. The molecule has 0 saturated carbocycles. The molecule has 124 valence electrons. The van der Waals surface area contributed by atoms with Crippen LogP contribution >= 0.6 is 11.6 Å². The number of carbonyl (C=O) groups is 1. The van der Waals surface area contributed by atoms with E-state index in [1.165, 1.54) is 6.07 Å². The highest BCUT2D eigenvalue weighted by Crippen LogP contribution is 2.29. The molecule has 0 aromatic heterocycles. The first-order valence-corrected chi connectivity index (χ1v) is 9.35. The van der Waals surface area contributed by atoms with Crippen LogP contribution < -0.4 is 10.1 Å². The van der Waals surface area contributed by atoms with Crippen molar-refractivity contribution >= 4 is 39.1 Å². The SMILES string of the molecule is CS(=O)(=O)c1ccccc1NC(=O)C1=Cc2cc(Cl)ccc2OC1. The Bertz CT molecular complexity index is 951. The largest absolute Gasteiger partial charge is 0.488 e. The maximum atomic E-state index is 12.5. The summed E-state index contributed by atoms with van der Waals surface area (Å²) in [5.74, 6) is 0.226. The molecule has 0 unspecified atom stereocenters. The van der Waals surface area contributed by atoms with Gasteiger partial charge in [-0.25, -0.2) is 8.42 Å². The van der Waals surface area contributed by atoms with Crippen molar-refractivity contribution in [2.24, 2.45) is 0 Å². The van der Waals surface area contributed by atoms with Gasteiger partial charge < -0.3 is 10.1 Å². The summed E-state index contributed by atoms with van der Waals surface area (Å²) in [4.78, 5) is 12.5. The second-order valence-corrected chi connectivity index (χ2v) is 7.78. The summed E-state index contributed by atoms with van der Waals surface area (Å²) in [7, 11) is -3.45. The Labute approximate surface area is 144 Å². The first-order valence-electron chi connectivity index (χ1n) is 7.08. The summed E-state index contributed by atoms with van der Waals surface area (Å²) in [5.41, 5.74) is 1.33. The van der Waals surface area contributed by atoms with E-state index in [4.69, 9.17) is 16.3 Å². The van der Waals surface area contributed by atoms with Crippen LogP contribution in [0.3, 0.4) is 0 Å². The van der Waals surface area contributed by atoms with Gasteiger partial charge >= 0.3 is 0 Å².